The molecule has 0 aliphatic carbocycles. The number of hydrogen-bond donors (Lipinski definition) is 2. The van der Waals surface area contributed by atoms with E-state index >= 15 is 0 Å². The summed E-state index contributed by atoms with van der Waals surface area (Å²) in [5.41, 5.74) is 4.71. The standard InChI is InChI=1S/C17H15N3O2S/c1-22-14-9-7-12(8-10-14)11-15-16(21)18-17(23-15)20-19-13-5-3-2-4-6-13/h2-11,19H,1H3,(H,18,20,21)/b15-11-. The first-order valence-corrected chi connectivity index (χ1v) is 7.80. The molecule has 0 radical (unpaired) electrons. The zero-order valence-corrected chi connectivity index (χ0v) is 13.3. The van der Waals surface area contributed by atoms with Gasteiger partial charge in [0.05, 0.1) is 17.7 Å². The molecule has 2 aromatic rings. The fourth-order valence-corrected chi connectivity index (χ4v) is 2.74. The molecule has 5 nitrogen and oxygen atoms in total. The van der Waals surface area contributed by atoms with Crippen LogP contribution in [0.1, 0.15) is 5.56 Å². The van der Waals surface area contributed by atoms with Crippen LogP contribution < -0.4 is 15.5 Å². The van der Waals surface area contributed by atoms with Gasteiger partial charge in [-0.05, 0) is 47.7 Å². The number of ether oxygens (including phenoxy) is 1. The highest BCUT2D eigenvalue weighted by molar-refractivity contribution is 8.18. The Morgan fingerprint density at radius 2 is 1.87 bits per heavy atom. The third-order valence-corrected chi connectivity index (χ3v) is 4.03. The lowest BCUT2D eigenvalue weighted by Gasteiger charge is -2.00. The summed E-state index contributed by atoms with van der Waals surface area (Å²) in [7, 11) is 1.62. The molecule has 3 rings (SSSR count). The lowest BCUT2D eigenvalue weighted by molar-refractivity contribution is -0.115. The minimum atomic E-state index is -0.153. The summed E-state index contributed by atoms with van der Waals surface area (Å²) >= 11 is 1.30. The first kappa shape index (κ1) is 15.2. The van der Waals surface area contributed by atoms with Gasteiger partial charge in [0.25, 0.3) is 5.91 Å². The van der Waals surface area contributed by atoms with Crippen LogP contribution in [0.4, 0.5) is 5.69 Å². The van der Waals surface area contributed by atoms with Crippen molar-refractivity contribution in [1.29, 1.82) is 0 Å². The smallest absolute Gasteiger partial charge is 0.264 e. The summed E-state index contributed by atoms with van der Waals surface area (Å²) in [6.07, 6.45) is 1.82. The van der Waals surface area contributed by atoms with Crippen LogP contribution in [0.15, 0.2) is 64.6 Å². The monoisotopic (exact) mass is 325 g/mol. The lowest BCUT2D eigenvalue weighted by atomic mass is 10.2. The normalized spacial score (nSPS) is 17.3. The van der Waals surface area contributed by atoms with Crippen LogP contribution in [-0.4, -0.2) is 18.2 Å². The van der Waals surface area contributed by atoms with Crippen molar-refractivity contribution in [1.82, 2.24) is 5.32 Å². The fourth-order valence-electron chi connectivity index (χ4n) is 1.96. The number of methoxy groups -OCH3 is 1. The Morgan fingerprint density at radius 3 is 2.57 bits per heavy atom. The van der Waals surface area contributed by atoms with Crippen molar-refractivity contribution in [3.05, 3.63) is 65.1 Å². The minimum absolute atomic E-state index is 0.153. The highest BCUT2D eigenvalue weighted by Gasteiger charge is 2.23. The van der Waals surface area contributed by atoms with Gasteiger partial charge in [-0.15, -0.1) is 5.10 Å². The molecule has 1 fully saturated rings. The van der Waals surface area contributed by atoms with E-state index in [0.717, 1.165) is 17.0 Å². The summed E-state index contributed by atoms with van der Waals surface area (Å²) < 4.78 is 5.12. The van der Waals surface area contributed by atoms with Crippen LogP contribution in [0, 0.1) is 0 Å². The van der Waals surface area contributed by atoms with Gasteiger partial charge in [-0.25, -0.2) is 0 Å². The first-order valence-electron chi connectivity index (χ1n) is 6.98. The van der Waals surface area contributed by atoms with E-state index in [4.69, 9.17) is 4.74 Å². The predicted molar refractivity (Wildman–Crippen MR) is 94.2 cm³/mol. The maximum atomic E-state index is 12.0. The summed E-state index contributed by atoms with van der Waals surface area (Å²) in [6.45, 7) is 0. The number of benzene rings is 2. The van der Waals surface area contributed by atoms with Crippen LogP contribution >= 0.6 is 11.8 Å². The van der Waals surface area contributed by atoms with Gasteiger partial charge in [0.2, 0.25) is 0 Å². The average Bonchev–Trinajstić information content (AvgIpc) is 2.94. The largest absolute Gasteiger partial charge is 0.497 e. The third kappa shape index (κ3) is 3.92. The molecule has 2 N–H and O–H groups in total. The quantitative estimate of drug-likeness (QED) is 0.669. The molecule has 23 heavy (non-hydrogen) atoms. The number of amides is 1. The second kappa shape index (κ2) is 7.02. The lowest BCUT2D eigenvalue weighted by Crippen LogP contribution is -2.20. The number of rotatable bonds is 4. The molecule has 0 aromatic heterocycles. The van der Waals surface area contributed by atoms with Crippen molar-refractivity contribution in [2.24, 2.45) is 5.10 Å². The van der Waals surface area contributed by atoms with E-state index in [9.17, 15) is 4.79 Å². The van der Waals surface area contributed by atoms with Gasteiger partial charge in [-0.1, -0.05) is 30.3 Å². The van der Waals surface area contributed by atoms with Gasteiger partial charge in [-0.3, -0.25) is 15.5 Å². The number of hydrogen-bond acceptors (Lipinski definition) is 5. The average molecular weight is 325 g/mol. The number of nitrogens with one attached hydrogen (secondary N) is 2. The van der Waals surface area contributed by atoms with E-state index in [1.165, 1.54) is 11.8 Å². The van der Waals surface area contributed by atoms with Gasteiger partial charge in [0.1, 0.15) is 5.75 Å². The van der Waals surface area contributed by atoms with E-state index in [1.807, 2.05) is 60.7 Å². The summed E-state index contributed by atoms with van der Waals surface area (Å²) in [4.78, 5) is 12.6. The van der Waals surface area contributed by atoms with Crippen LogP contribution in [-0.2, 0) is 4.79 Å². The van der Waals surface area contributed by atoms with E-state index in [-0.39, 0.29) is 5.91 Å². The number of carbonyl (C=O) groups excluding carboxylic acids is 1. The summed E-state index contributed by atoms with van der Waals surface area (Å²) in [6, 6.07) is 17.1. The molecule has 1 amide bonds. The van der Waals surface area contributed by atoms with Crippen molar-refractivity contribution in [2.45, 2.75) is 0 Å². The number of nitrogens with zero attached hydrogens (tertiary/aromatic N) is 1. The Kier molecular flexibility index (Phi) is 4.63. The van der Waals surface area contributed by atoms with Crippen molar-refractivity contribution in [2.75, 3.05) is 12.5 Å². The summed E-state index contributed by atoms with van der Waals surface area (Å²) in [5, 5.41) is 7.46. The highest BCUT2D eigenvalue weighted by atomic mass is 32.2. The molecule has 0 bridgehead atoms. The second-order valence-corrected chi connectivity index (χ2v) is 5.76. The van der Waals surface area contributed by atoms with Gasteiger partial charge < -0.3 is 4.74 Å². The Morgan fingerprint density at radius 1 is 1.13 bits per heavy atom. The van der Waals surface area contributed by atoms with Gasteiger partial charge in [0.15, 0.2) is 5.17 Å². The fraction of sp³-hybridized carbons (Fsp3) is 0.0588. The number of amidine groups is 1. The van der Waals surface area contributed by atoms with Crippen LogP contribution in [0.5, 0.6) is 5.75 Å². The molecule has 0 spiro atoms. The zero-order valence-electron chi connectivity index (χ0n) is 12.4. The zero-order chi connectivity index (χ0) is 16.1. The number of carbonyl (C=O) groups is 1. The maximum absolute atomic E-state index is 12.0. The molecule has 116 valence electrons. The number of anilines is 1. The Bertz CT molecular complexity index is 755. The Balaban J connectivity index is 1.70. The molecule has 1 saturated heterocycles. The molecule has 2 aromatic carbocycles. The van der Waals surface area contributed by atoms with Crippen LogP contribution in [0.2, 0.25) is 0 Å². The van der Waals surface area contributed by atoms with E-state index in [2.05, 4.69) is 15.8 Å². The van der Waals surface area contributed by atoms with Crippen molar-refractivity contribution < 1.29 is 9.53 Å². The van der Waals surface area contributed by atoms with Crippen molar-refractivity contribution in [3.8, 4) is 5.75 Å². The molecular formula is C17H15N3O2S. The second-order valence-electron chi connectivity index (χ2n) is 4.73. The van der Waals surface area contributed by atoms with E-state index < -0.39 is 0 Å². The SMILES string of the molecule is COc1ccc(/C=C2\S/C(=N/Nc3ccccc3)NC2=O)cc1. The molecule has 1 aliphatic heterocycles. The Hall–Kier alpha value is -2.73. The van der Waals surface area contributed by atoms with Gasteiger partial charge in [0, 0.05) is 0 Å². The van der Waals surface area contributed by atoms with E-state index in [0.29, 0.717) is 10.1 Å². The minimum Gasteiger partial charge on any atom is -0.497 e. The topological polar surface area (TPSA) is 62.7 Å². The van der Waals surface area contributed by atoms with Crippen LogP contribution in [0.25, 0.3) is 6.08 Å². The predicted octanol–water partition coefficient (Wildman–Crippen LogP) is 3.28. The summed E-state index contributed by atoms with van der Waals surface area (Å²) in [5.74, 6) is 0.629. The van der Waals surface area contributed by atoms with Crippen molar-refractivity contribution >= 4 is 34.6 Å². The highest BCUT2D eigenvalue weighted by Crippen LogP contribution is 2.26. The Labute approximate surface area is 138 Å². The van der Waals surface area contributed by atoms with E-state index in [1.54, 1.807) is 7.11 Å². The van der Waals surface area contributed by atoms with Crippen LogP contribution in [0.3, 0.4) is 0 Å². The molecule has 0 saturated carbocycles. The molecule has 0 atom stereocenters. The van der Waals surface area contributed by atoms with Gasteiger partial charge in [-0.2, -0.15) is 0 Å². The molecule has 6 heteroatoms. The molecule has 1 aliphatic rings. The van der Waals surface area contributed by atoms with Gasteiger partial charge >= 0.3 is 0 Å². The number of para-hydroxylation sites is 1. The molecular weight excluding hydrogens is 310 g/mol. The van der Waals surface area contributed by atoms with Crippen molar-refractivity contribution in [3.63, 3.8) is 0 Å². The first-order chi connectivity index (χ1) is 11.2. The number of hydrazone groups is 1. The number of thioether (sulfide) groups is 1. The molecule has 0 unspecified atom stereocenters. The maximum Gasteiger partial charge on any atom is 0.264 e. The third-order valence-electron chi connectivity index (χ3n) is 3.12. The molecule has 1 heterocycles.